The van der Waals surface area contributed by atoms with Gasteiger partial charge in [0.25, 0.3) is 0 Å². The number of thiophene rings is 1. The van der Waals surface area contributed by atoms with E-state index < -0.39 is 0 Å². The van der Waals surface area contributed by atoms with Gasteiger partial charge in [-0.1, -0.05) is 5.11 Å². The van der Waals surface area contributed by atoms with E-state index in [-0.39, 0.29) is 5.78 Å². The fraction of sp³-hybridized carbons (Fsp3) is 0.167. The van der Waals surface area contributed by atoms with E-state index in [4.69, 9.17) is 5.53 Å². The molecule has 0 atom stereocenters. The lowest BCUT2D eigenvalue weighted by molar-refractivity contribution is 0.101. The SMILES string of the molecule is CC(=O)c1cscc1N=[N+]=[N-]. The molecular weight excluding hydrogens is 162 g/mol. The number of rotatable bonds is 2. The van der Waals surface area contributed by atoms with Crippen molar-refractivity contribution in [3.63, 3.8) is 0 Å². The summed E-state index contributed by atoms with van der Waals surface area (Å²) in [6.07, 6.45) is 0. The lowest BCUT2D eigenvalue weighted by Gasteiger charge is -1.88. The summed E-state index contributed by atoms with van der Waals surface area (Å²) in [6.45, 7) is 1.44. The molecular formula is C6H5N3OS. The lowest BCUT2D eigenvalue weighted by atomic mass is 10.2. The van der Waals surface area contributed by atoms with Gasteiger partial charge in [0, 0.05) is 21.2 Å². The zero-order valence-corrected chi connectivity index (χ0v) is 6.63. The van der Waals surface area contributed by atoms with Gasteiger partial charge in [0.15, 0.2) is 5.78 Å². The average Bonchev–Trinajstić information content (AvgIpc) is 2.36. The molecule has 0 aliphatic heterocycles. The highest BCUT2D eigenvalue weighted by atomic mass is 32.1. The van der Waals surface area contributed by atoms with Crippen LogP contribution in [-0.2, 0) is 0 Å². The van der Waals surface area contributed by atoms with Crippen LogP contribution >= 0.6 is 11.3 Å². The van der Waals surface area contributed by atoms with Crippen molar-refractivity contribution in [2.75, 3.05) is 0 Å². The van der Waals surface area contributed by atoms with E-state index in [0.717, 1.165) is 0 Å². The van der Waals surface area contributed by atoms with Crippen molar-refractivity contribution in [3.05, 3.63) is 26.8 Å². The van der Waals surface area contributed by atoms with Gasteiger partial charge in [-0.2, -0.15) is 11.3 Å². The Bertz CT molecular complexity index is 308. The normalized spacial score (nSPS) is 8.82. The Morgan fingerprint density at radius 1 is 1.73 bits per heavy atom. The van der Waals surface area contributed by atoms with Gasteiger partial charge in [0.2, 0.25) is 0 Å². The van der Waals surface area contributed by atoms with Crippen LogP contribution in [0.1, 0.15) is 17.3 Å². The number of carbonyl (C=O) groups excluding carboxylic acids is 1. The van der Waals surface area contributed by atoms with Gasteiger partial charge in [0.05, 0.1) is 5.69 Å². The summed E-state index contributed by atoms with van der Waals surface area (Å²) in [5.41, 5.74) is 9.01. The third-order valence-electron chi connectivity index (χ3n) is 1.17. The Hall–Kier alpha value is -1.32. The molecule has 0 aliphatic rings. The molecule has 0 saturated carbocycles. The largest absolute Gasteiger partial charge is 0.294 e. The van der Waals surface area contributed by atoms with E-state index in [2.05, 4.69) is 10.0 Å². The van der Waals surface area contributed by atoms with Crippen molar-refractivity contribution < 1.29 is 4.79 Å². The summed E-state index contributed by atoms with van der Waals surface area (Å²) in [7, 11) is 0. The molecule has 0 aliphatic carbocycles. The Labute approximate surface area is 67.1 Å². The molecule has 4 nitrogen and oxygen atoms in total. The van der Waals surface area contributed by atoms with Crippen LogP contribution in [0.25, 0.3) is 10.4 Å². The van der Waals surface area contributed by atoms with Crippen molar-refractivity contribution in [1.82, 2.24) is 0 Å². The molecule has 0 saturated heterocycles. The molecule has 1 heterocycles. The lowest BCUT2D eigenvalue weighted by Crippen LogP contribution is -1.86. The Morgan fingerprint density at radius 2 is 2.45 bits per heavy atom. The maximum atomic E-state index is 10.8. The minimum atomic E-state index is -0.0753. The predicted octanol–water partition coefficient (Wildman–Crippen LogP) is 2.89. The zero-order valence-electron chi connectivity index (χ0n) is 5.81. The Morgan fingerprint density at radius 3 is 3.00 bits per heavy atom. The first-order valence-corrected chi connectivity index (χ1v) is 3.82. The first-order chi connectivity index (χ1) is 5.25. The van der Waals surface area contributed by atoms with Crippen LogP contribution in [0.3, 0.4) is 0 Å². The third-order valence-corrected chi connectivity index (χ3v) is 1.90. The summed E-state index contributed by atoms with van der Waals surface area (Å²) in [5, 5.41) is 6.68. The van der Waals surface area contributed by atoms with E-state index in [1.165, 1.54) is 18.3 Å². The van der Waals surface area contributed by atoms with Gasteiger partial charge in [-0.3, -0.25) is 4.79 Å². The highest BCUT2D eigenvalue weighted by Gasteiger charge is 2.05. The summed E-state index contributed by atoms with van der Waals surface area (Å²) in [5.74, 6) is -0.0753. The number of Topliss-reactive ketones (excluding diaryl/α,β-unsaturated/α-hetero) is 1. The van der Waals surface area contributed by atoms with Gasteiger partial charge >= 0.3 is 0 Å². The van der Waals surface area contributed by atoms with Crippen LogP contribution in [0.4, 0.5) is 5.69 Å². The van der Waals surface area contributed by atoms with Crippen LogP contribution in [0, 0.1) is 0 Å². The van der Waals surface area contributed by atoms with Crippen LogP contribution in [-0.4, -0.2) is 5.78 Å². The van der Waals surface area contributed by atoms with Crippen molar-refractivity contribution in [3.8, 4) is 0 Å². The monoisotopic (exact) mass is 167 g/mol. The highest BCUT2D eigenvalue weighted by Crippen LogP contribution is 2.24. The molecule has 56 valence electrons. The van der Waals surface area contributed by atoms with Crippen molar-refractivity contribution in [2.24, 2.45) is 5.11 Å². The molecule has 11 heavy (non-hydrogen) atoms. The topological polar surface area (TPSA) is 65.8 Å². The number of carbonyl (C=O) groups is 1. The molecule has 0 amide bonds. The highest BCUT2D eigenvalue weighted by molar-refractivity contribution is 7.08. The van der Waals surface area contributed by atoms with Gasteiger partial charge in [0.1, 0.15) is 0 Å². The van der Waals surface area contributed by atoms with E-state index in [1.807, 2.05) is 0 Å². The van der Waals surface area contributed by atoms with Gasteiger partial charge in [-0.15, -0.1) is 0 Å². The average molecular weight is 167 g/mol. The third kappa shape index (κ3) is 1.58. The standard InChI is InChI=1S/C6H5N3OS/c1-4(10)5-2-11-3-6(5)8-9-7/h2-3H,1H3. The summed E-state index contributed by atoms with van der Waals surface area (Å²) >= 11 is 1.35. The second-order valence-corrected chi connectivity index (χ2v) is 2.66. The van der Waals surface area contributed by atoms with E-state index >= 15 is 0 Å². The minimum Gasteiger partial charge on any atom is -0.294 e. The molecule has 0 bridgehead atoms. The van der Waals surface area contributed by atoms with Gasteiger partial charge in [-0.05, 0) is 12.5 Å². The van der Waals surface area contributed by atoms with Gasteiger partial charge < -0.3 is 0 Å². The number of hydrogen-bond donors (Lipinski definition) is 0. The second kappa shape index (κ2) is 3.18. The van der Waals surface area contributed by atoms with Crippen LogP contribution < -0.4 is 0 Å². The Balaban J connectivity index is 3.15. The summed E-state index contributed by atoms with van der Waals surface area (Å²) in [4.78, 5) is 13.4. The maximum Gasteiger partial charge on any atom is 0.161 e. The molecule has 0 radical (unpaired) electrons. The number of nitrogens with zero attached hydrogens (tertiary/aromatic N) is 3. The fourth-order valence-electron chi connectivity index (χ4n) is 0.679. The second-order valence-electron chi connectivity index (χ2n) is 1.92. The smallest absolute Gasteiger partial charge is 0.161 e. The summed E-state index contributed by atoms with van der Waals surface area (Å²) < 4.78 is 0. The molecule has 1 aromatic heterocycles. The summed E-state index contributed by atoms with van der Waals surface area (Å²) in [6, 6.07) is 0. The quantitative estimate of drug-likeness (QED) is 0.289. The van der Waals surface area contributed by atoms with Gasteiger partial charge in [-0.25, -0.2) is 0 Å². The Kier molecular flexibility index (Phi) is 2.25. The van der Waals surface area contributed by atoms with E-state index in [9.17, 15) is 4.79 Å². The molecule has 0 fully saturated rings. The number of hydrogen-bond acceptors (Lipinski definition) is 3. The molecule has 0 unspecified atom stereocenters. The minimum absolute atomic E-state index is 0.0753. The van der Waals surface area contributed by atoms with Crippen LogP contribution in [0.5, 0.6) is 0 Å². The number of ketones is 1. The van der Waals surface area contributed by atoms with Crippen molar-refractivity contribution in [2.45, 2.75) is 6.92 Å². The van der Waals surface area contributed by atoms with Crippen LogP contribution in [0.15, 0.2) is 15.9 Å². The van der Waals surface area contributed by atoms with Crippen molar-refractivity contribution >= 4 is 22.8 Å². The molecule has 5 heteroatoms. The maximum absolute atomic E-state index is 10.8. The molecule has 0 N–H and O–H groups in total. The molecule has 1 rings (SSSR count). The molecule has 0 aromatic carbocycles. The molecule has 1 aromatic rings. The van der Waals surface area contributed by atoms with Crippen LogP contribution in [0.2, 0.25) is 0 Å². The van der Waals surface area contributed by atoms with Crippen molar-refractivity contribution in [1.29, 1.82) is 0 Å². The zero-order chi connectivity index (χ0) is 8.27. The fourth-order valence-corrected chi connectivity index (χ4v) is 1.47. The van der Waals surface area contributed by atoms with E-state index in [0.29, 0.717) is 11.3 Å². The first kappa shape index (κ1) is 7.78. The predicted molar refractivity (Wildman–Crippen MR) is 43.1 cm³/mol. The molecule has 0 spiro atoms. The first-order valence-electron chi connectivity index (χ1n) is 2.88. The number of azide groups is 1. The van der Waals surface area contributed by atoms with E-state index in [1.54, 1.807) is 10.8 Å².